The van der Waals surface area contributed by atoms with Crippen molar-refractivity contribution in [3.8, 4) is 0 Å². The monoisotopic (exact) mass is 295 g/mol. The van der Waals surface area contributed by atoms with E-state index in [1.807, 2.05) is 43.3 Å². The zero-order valence-electron chi connectivity index (χ0n) is 9.72. The molecule has 1 aromatic carbocycles. The third-order valence-electron chi connectivity index (χ3n) is 2.62. The molecule has 0 saturated carbocycles. The van der Waals surface area contributed by atoms with Gasteiger partial charge in [-0.05, 0) is 39.7 Å². The van der Waals surface area contributed by atoms with Crippen LogP contribution in [0.2, 0.25) is 0 Å². The minimum absolute atomic E-state index is 0.530. The van der Waals surface area contributed by atoms with Gasteiger partial charge in [-0.1, -0.05) is 12.1 Å². The Kier molecular flexibility index (Phi) is 3.54. The number of nitrogens with zero attached hydrogens (tertiary/aromatic N) is 1. The molecule has 1 N–H and O–H groups in total. The summed E-state index contributed by atoms with van der Waals surface area (Å²) >= 11 is 3.34. The van der Waals surface area contributed by atoms with E-state index in [1.165, 1.54) is 0 Å². The molecule has 0 bridgehead atoms. The number of hydrogen-bond donors (Lipinski definition) is 1. The Labute approximate surface area is 109 Å². The van der Waals surface area contributed by atoms with Gasteiger partial charge in [-0.15, -0.1) is 0 Å². The highest BCUT2D eigenvalue weighted by molar-refractivity contribution is 9.10. The summed E-state index contributed by atoms with van der Waals surface area (Å²) in [4.78, 5) is 2.01. The zero-order chi connectivity index (χ0) is 12.4. The molecular formula is C13H14BrNO2. The molecule has 4 heteroatoms. The van der Waals surface area contributed by atoms with Crippen molar-refractivity contribution < 1.29 is 9.52 Å². The lowest BCUT2D eigenvalue weighted by Crippen LogP contribution is -2.08. The molecule has 1 atom stereocenters. The third kappa shape index (κ3) is 2.53. The van der Waals surface area contributed by atoms with Crippen LogP contribution in [0.15, 0.2) is 45.5 Å². The molecule has 17 heavy (non-hydrogen) atoms. The topological polar surface area (TPSA) is 36.6 Å². The first-order valence-corrected chi connectivity index (χ1v) is 6.07. The summed E-state index contributed by atoms with van der Waals surface area (Å²) in [6.07, 6.45) is 0.812. The molecule has 0 aliphatic carbocycles. The average Bonchev–Trinajstić information content (AvgIpc) is 2.74. The summed E-state index contributed by atoms with van der Waals surface area (Å²) in [6, 6.07) is 9.50. The van der Waals surface area contributed by atoms with Crippen LogP contribution in [-0.4, -0.2) is 19.2 Å². The van der Waals surface area contributed by atoms with E-state index >= 15 is 0 Å². The molecule has 3 nitrogen and oxygen atoms in total. The largest absolute Gasteiger partial charge is 0.465 e. The lowest BCUT2D eigenvalue weighted by Gasteiger charge is -2.14. The first-order chi connectivity index (χ1) is 8.09. The maximum Gasteiger partial charge on any atom is 0.150 e. The number of aliphatic hydroxyl groups excluding tert-OH is 1. The number of rotatable bonds is 3. The van der Waals surface area contributed by atoms with E-state index in [2.05, 4.69) is 15.9 Å². The Balaban J connectivity index is 2.26. The van der Waals surface area contributed by atoms with E-state index in [0.29, 0.717) is 5.76 Å². The van der Waals surface area contributed by atoms with Gasteiger partial charge in [0.2, 0.25) is 0 Å². The molecule has 0 saturated heterocycles. The normalized spacial score (nSPS) is 12.5. The average molecular weight is 296 g/mol. The van der Waals surface area contributed by atoms with Gasteiger partial charge in [-0.3, -0.25) is 0 Å². The minimum atomic E-state index is -0.740. The van der Waals surface area contributed by atoms with Crippen LogP contribution in [0.25, 0.3) is 0 Å². The highest BCUT2D eigenvalue weighted by Crippen LogP contribution is 2.30. The van der Waals surface area contributed by atoms with Crippen molar-refractivity contribution in [2.24, 2.45) is 0 Å². The van der Waals surface area contributed by atoms with Crippen molar-refractivity contribution in [1.29, 1.82) is 0 Å². The lowest BCUT2D eigenvalue weighted by atomic mass is 10.1. The molecule has 1 heterocycles. The Morgan fingerprint density at radius 3 is 2.29 bits per heavy atom. The van der Waals surface area contributed by atoms with Gasteiger partial charge in [0.15, 0.2) is 5.76 Å². The van der Waals surface area contributed by atoms with E-state index < -0.39 is 6.10 Å². The molecule has 90 valence electrons. The summed E-state index contributed by atoms with van der Waals surface area (Å²) in [5.74, 6) is 0.530. The summed E-state index contributed by atoms with van der Waals surface area (Å²) in [5, 5.41) is 10.2. The van der Waals surface area contributed by atoms with Gasteiger partial charge in [-0.2, -0.15) is 0 Å². The predicted octanol–water partition coefficient (Wildman–Crippen LogP) is 3.19. The summed E-state index contributed by atoms with van der Waals surface area (Å²) in [6.45, 7) is 0. The van der Waals surface area contributed by atoms with Crippen molar-refractivity contribution in [3.63, 3.8) is 0 Å². The smallest absolute Gasteiger partial charge is 0.150 e. The number of halogens is 1. The van der Waals surface area contributed by atoms with E-state index in [0.717, 1.165) is 15.7 Å². The van der Waals surface area contributed by atoms with Crippen LogP contribution in [0.3, 0.4) is 0 Å². The quantitative estimate of drug-likeness (QED) is 0.945. The van der Waals surface area contributed by atoms with E-state index in [1.54, 1.807) is 12.3 Å². The van der Waals surface area contributed by atoms with E-state index in [-0.39, 0.29) is 0 Å². The molecular weight excluding hydrogens is 282 g/mol. The standard InChI is InChI=1S/C13H14BrNO2/c1-15(2)10-5-3-9(4-6-10)12(16)13-11(14)7-8-17-13/h3-8,12,16H,1-2H3. The summed E-state index contributed by atoms with van der Waals surface area (Å²) < 4.78 is 6.03. The van der Waals surface area contributed by atoms with E-state index in [9.17, 15) is 5.11 Å². The second-order valence-corrected chi connectivity index (χ2v) is 4.88. The lowest BCUT2D eigenvalue weighted by molar-refractivity contribution is 0.188. The van der Waals surface area contributed by atoms with Gasteiger partial charge in [0.05, 0.1) is 10.7 Å². The molecule has 0 spiro atoms. The maximum atomic E-state index is 10.2. The van der Waals surface area contributed by atoms with Crippen molar-refractivity contribution in [2.75, 3.05) is 19.0 Å². The van der Waals surface area contributed by atoms with Gasteiger partial charge in [-0.25, -0.2) is 0 Å². The molecule has 2 rings (SSSR count). The second-order valence-electron chi connectivity index (χ2n) is 4.02. The Bertz CT molecular complexity index is 490. The van der Waals surface area contributed by atoms with Crippen LogP contribution in [0, 0.1) is 0 Å². The van der Waals surface area contributed by atoms with Gasteiger partial charge in [0, 0.05) is 19.8 Å². The molecule has 0 radical (unpaired) electrons. The fourth-order valence-corrected chi connectivity index (χ4v) is 2.02. The number of furan rings is 1. The van der Waals surface area contributed by atoms with Crippen LogP contribution in [0.5, 0.6) is 0 Å². The fraction of sp³-hybridized carbons (Fsp3) is 0.231. The van der Waals surface area contributed by atoms with Crippen molar-refractivity contribution in [2.45, 2.75) is 6.10 Å². The fourth-order valence-electron chi connectivity index (χ4n) is 1.61. The molecule has 0 aliphatic heterocycles. The highest BCUT2D eigenvalue weighted by atomic mass is 79.9. The number of anilines is 1. The number of hydrogen-bond acceptors (Lipinski definition) is 3. The first kappa shape index (κ1) is 12.2. The van der Waals surface area contributed by atoms with Crippen molar-refractivity contribution >= 4 is 21.6 Å². The van der Waals surface area contributed by atoms with Crippen LogP contribution in [0.4, 0.5) is 5.69 Å². The van der Waals surface area contributed by atoms with Crippen molar-refractivity contribution in [3.05, 3.63) is 52.4 Å². The molecule has 0 amide bonds. The third-order valence-corrected chi connectivity index (χ3v) is 3.27. The van der Waals surface area contributed by atoms with Crippen molar-refractivity contribution in [1.82, 2.24) is 0 Å². The van der Waals surface area contributed by atoms with Gasteiger partial charge < -0.3 is 14.4 Å². The molecule has 0 fully saturated rings. The van der Waals surface area contributed by atoms with Gasteiger partial charge in [0.1, 0.15) is 6.10 Å². The molecule has 1 aromatic heterocycles. The molecule has 0 aliphatic rings. The van der Waals surface area contributed by atoms with Gasteiger partial charge in [0.25, 0.3) is 0 Å². The zero-order valence-corrected chi connectivity index (χ0v) is 11.3. The SMILES string of the molecule is CN(C)c1ccc(C(O)c2occc2Br)cc1. The summed E-state index contributed by atoms with van der Waals surface area (Å²) in [5.41, 5.74) is 1.91. The molecule has 2 aromatic rings. The first-order valence-electron chi connectivity index (χ1n) is 5.28. The van der Waals surface area contributed by atoms with Crippen LogP contribution in [-0.2, 0) is 0 Å². The number of benzene rings is 1. The van der Waals surface area contributed by atoms with Crippen LogP contribution in [0.1, 0.15) is 17.4 Å². The van der Waals surface area contributed by atoms with Crippen LogP contribution >= 0.6 is 15.9 Å². The Morgan fingerprint density at radius 1 is 1.18 bits per heavy atom. The second kappa shape index (κ2) is 4.94. The maximum absolute atomic E-state index is 10.2. The number of aliphatic hydroxyl groups is 1. The predicted molar refractivity (Wildman–Crippen MR) is 71.2 cm³/mol. The van der Waals surface area contributed by atoms with Gasteiger partial charge >= 0.3 is 0 Å². The van der Waals surface area contributed by atoms with Crippen LogP contribution < -0.4 is 4.90 Å². The summed E-state index contributed by atoms with van der Waals surface area (Å²) in [7, 11) is 3.96. The highest BCUT2D eigenvalue weighted by Gasteiger charge is 2.16. The Hall–Kier alpha value is -1.26. The van der Waals surface area contributed by atoms with E-state index in [4.69, 9.17) is 4.42 Å². The Morgan fingerprint density at radius 2 is 1.82 bits per heavy atom. The molecule has 1 unspecified atom stereocenters. The minimum Gasteiger partial charge on any atom is -0.465 e.